The van der Waals surface area contributed by atoms with Crippen molar-refractivity contribution in [3.63, 3.8) is 0 Å². The van der Waals surface area contributed by atoms with Gasteiger partial charge in [0.05, 0.1) is 19.2 Å². The Hall–Kier alpha value is -1.53. The van der Waals surface area contributed by atoms with E-state index in [0.29, 0.717) is 6.54 Å². The Labute approximate surface area is 103 Å². The van der Waals surface area contributed by atoms with Gasteiger partial charge in [0.15, 0.2) is 0 Å². The van der Waals surface area contributed by atoms with Gasteiger partial charge in [-0.05, 0) is 49.9 Å². The topological polar surface area (TPSA) is 45.0 Å². The second-order valence-electron chi connectivity index (χ2n) is 4.37. The van der Waals surface area contributed by atoms with Crippen LogP contribution in [0.2, 0.25) is 0 Å². The van der Waals surface area contributed by atoms with Gasteiger partial charge in [-0.2, -0.15) is 5.26 Å². The van der Waals surface area contributed by atoms with Crippen molar-refractivity contribution < 1.29 is 4.74 Å². The molecule has 17 heavy (non-hydrogen) atoms. The largest absolute Gasteiger partial charge is 0.496 e. The SMILES string of the molecule is COc1c(C)cc(CNC(C)C#N)c(C)c1C. The molecule has 0 amide bonds. The van der Waals surface area contributed by atoms with Gasteiger partial charge in [-0.1, -0.05) is 6.07 Å². The monoisotopic (exact) mass is 232 g/mol. The van der Waals surface area contributed by atoms with Crippen LogP contribution in [0.1, 0.15) is 29.2 Å². The van der Waals surface area contributed by atoms with Crippen LogP contribution in [0.4, 0.5) is 0 Å². The van der Waals surface area contributed by atoms with Crippen LogP contribution in [0.5, 0.6) is 5.75 Å². The number of methoxy groups -OCH3 is 1. The molecule has 92 valence electrons. The van der Waals surface area contributed by atoms with Crippen LogP contribution in [0, 0.1) is 32.1 Å². The third-order valence-electron chi connectivity index (χ3n) is 3.13. The van der Waals surface area contributed by atoms with Gasteiger partial charge in [0, 0.05) is 6.54 Å². The first kappa shape index (κ1) is 13.5. The number of nitrogens with one attached hydrogen (secondary N) is 1. The molecule has 0 radical (unpaired) electrons. The van der Waals surface area contributed by atoms with E-state index in [1.165, 1.54) is 16.7 Å². The molecule has 0 aliphatic heterocycles. The summed E-state index contributed by atoms with van der Waals surface area (Å²) >= 11 is 0. The zero-order valence-corrected chi connectivity index (χ0v) is 11.2. The lowest BCUT2D eigenvalue weighted by atomic mass is 9.98. The molecule has 0 aliphatic rings. The molecule has 0 saturated carbocycles. The Morgan fingerprint density at radius 3 is 2.53 bits per heavy atom. The maximum atomic E-state index is 8.74. The standard InChI is InChI=1S/C14H20N2O/c1-9-6-13(8-16-10(2)7-15)11(3)12(4)14(9)17-5/h6,10,16H,8H2,1-5H3. The van der Waals surface area contributed by atoms with Crippen molar-refractivity contribution in [3.8, 4) is 11.8 Å². The van der Waals surface area contributed by atoms with Crippen molar-refractivity contribution in [1.29, 1.82) is 5.26 Å². The van der Waals surface area contributed by atoms with E-state index in [2.05, 4.69) is 31.3 Å². The highest BCUT2D eigenvalue weighted by molar-refractivity contribution is 5.48. The lowest BCUT2D eigenvalue weighted by Gasteiger charge is -2.16. The van der Waals surface area contributed by atoms with Gasteiger partial charge in [0.25, 0.3) is 0 Å². The van der Waals surface area contributed by atoms with Crippen LogP contribution < -0.4 is 10.1 Å². The van der Waals surface area contributed by atoms with E-state index in [9.17, 15) is 0 Å². The van der Waals surface area contributed by atoms with Crippen LogP contribution in [-0.2, 0) is 6.54 Å². The highest BCUT2D eigenvalue weighted by Crippen LogP contribution is 2.28. The lowest BCUT2D eigenvalue weighted by Crippen LogP contribution is -2.24. The molecule has 0 saturated heterocycles. The van der Waals surface area contributed by atoms with E-state index in [-0.39, 0.29) is 6.04 Å². The average Bonchev–Trinajstić information content (AvgIpc) is 2.32. The minimum Gasteiger partial charge on any atom is -0.496 e. The molecular weight excluding hydrogens is 212 g/mol. The summed E-state index contributed by atoms with van der Waals surface area (Å²) in [5.74, 6) is 0.958. The van der Waals surface area contributed by atoms with Crippen LogP contribution >= 0.6 is 0 Å². The van der Waals surface area contributed by atoms with Gasteiger partial charge in [-0.3, -0.25) is 5.32 Å². The highest BCUT2D eigenvalue weighted by atomic mass is 16.5. The Bertz CT molecular complexity index is 447. The van der Waals surface area contributed by atoms with E-state index in [4.69, 9.17) is 10.00 Å². The van der Waals surface area contributed by atoms with Crippen LogP contribution in [-0.4, -0.2) is 13.2 Å². The van der Waals surface area contributed by atoms with E-state index in [1.807, 2.05) is 13.8 Å². The Balaban J connectivity index is 2.99. The normalized spacial score (nSPS) is 12.0. The molecule has 0 bridgehead atoms. The Morgan fingerprint density at radius 1 is 1.35 bits per heavy atom. The molecule has 0 spiro atoms. The summed E-state index contributed by atoms with van der Waals surface area (Å²) in [5, 5.41) is 11.9. The molecule has 0 aliphatic carbocycles. The highest BCUT2D eigenvalue weighted by Gasteiger charge is 2.10. The van der Waals surface area contributed by atoms with E-state index < -0.39 is 0 Å². The van der Waals surface area contributed by atoms with Gasteiger partial charge >= 0.3 is 0 Å². The van der Waals surface area contributed by atoms with Gasteiger partial charge in [-0.15, -0.1) is 0 Å². The predicted octanol–water partition coefficient (Wildman–Crippen LogP) is 2.62. The molecule has 1 rings (SSSR count). The number of nitrogens with zero attached hydrogens (tertiary/aromatic N) is 1. The Kier molecular flexibility index (Phi) is 4.53. The molecule has 1 atom stereocenters. The number of hydrogen-bond acceptors (Lipinski definition) is 3. The van der Waals surface area contributed by atoms with Crippen LogP contribution in [0.15, 0.2) is 6.07 Å². The first-order valence-electron chi connectivity index (χ1n) is 5.78. The van der Waals surface area contributed by atoms with Crippen LogP contribution in [0.3, 0.4) is 0 Å². The summed E-state index contributed by atoms with van der Waals surface area (Å²) in [6.45, 7) is 8.77. The first-order chi connectivity index (χ1) is 8.01. The maximum absolute atomic E-state index is 8.74. The summed E-state index contributed by atoms with van der Waals surface area (Å²) in [5.41, 5.74) is 4.76. The van der Waals surface area contributed by atoms with Gasteiger partial charge in [0.2, 0.25) is 0 Å². The second kappa shape index (κ2) is 5.70. The summed E-state index contributed by atoms with van der Waals surface area (Å²) < 4.78 is 5.39. The molecule has 3 nitrogen and oxygen atoms in total. The van der Waals surface area contributed by atoms with Crippen molar-refractivity contribution in [2.75, 3.05) is 7.11 Å². The molecule has 1 unspecified atom stereocenters. The van der Waals surface area contributed by atoms with Crippen molar-refractivity contribution in [2.24, 2.45) is 0 Å². The molecule has 0 aromatic heterocycles. The third-order valence-corrected chi connectivity index (χ3v) is 3.13. The quantitative estimate of drug-likeness (QED) is 0.868. The van der Waals surface area contributed by atoms with Crippen LogP contribution in [0.25, 0.3) is 0 Å². The number of aryl methyl sites for hydroxylation is 1. The van der Waals surface area contributed by atoms with E-state index in [0.717, 1.165) is 11.3 Å². The molecule has 1 aromatic rings. The third kappa shape index (κ3) is 2.98. The number of benzene rings is 1. The fourth-order valence-corrected chi connectivity index (χ4v) is 1.95. The molecule has 0 fully saturated rings. The lowest BCUT2D eigenvalue weighted by molar-refractivity contribution is 0.408. The molecule has 0 heterocycles. The predicted molar refractivity (Wildman–Crippen MR) is 69.1 cm³/mol. The van der Waals surface area contributed by atoms with Crippen molar-refractivity contribution in [1.82, 2.24) is 5.32 Å². The summed E-state index contributed by atoms with van der Waals surface area (Å²) in [6.07, 6.45) is 0. The zero-order valence-electron chi connectivity index (χ0n) is 11.2. The number of rotatable bonds is 4. The smallest absolute Gasteiger partial charge is 0.124 e. The summed E-state index contributed by atoms with van der Waals surface area (Å²) in [4.78, 5) is 0. The fraction of sp³-hybridized carbons (Fsp3) is 0.500. The minimum atomic E-state index is -0.128. The fourth-order valence-electron chi connectivity index (χ4n) is 1.95. The van der Waals surface area contributed by atoms with Gasteiger partial charge in [-0.25, -0.2) is 0 Å². The van der Waals surface area contributed by atoms with Gasteiger partial charge < -0.3 is 4.74 Å². The van der Waals surface area contributed by atoms with Crippen molar-refractivity contribution >= 4 is 0 Å². The first-order valence-corrected chi connectivity index (χ1v) is 5.78. The number of nitriles is 1. The number of hydrogen-bond donors (Lipinski definition) is 1. The van der Waals surface area contributed by atoms with Crippen molar-refractivity contribution in [3.05, 3.63) is 28.3 Å². The van der Waals surface area contributed by atoms with E-state index in [1.54, 1.807) is 7.11 Å². The molecular formula is C14H20N2O. The average molecular weight is 232 g/mol. The molecule has 3 heteroatoms. The molecule has 1 aromatic carbocycles. The zero-order chi connectivity index (χ0) is 13.0. The summed E-state index contributed by atoms with van der Waals surface area (Å²) in [7, 11) is 1.70. The minimum absolute atomic E-state index is 0.128. The molecule has 1 N–H and O–H groups in total. The maximum Gasteiger partial charge on any atom is 0.124 e. The number of ether oxygens (including phenoxy) is 1. The van der Waals surface area contributed by atoms with Crippen molar-refractivity contribution in [2.45, 2.75) is 40.3 Å². The Morgan fingerprint density at radius 2 is 2.00 bits per heavy atom. The second-order valence-corrected chi connectivity index (χ2v) is 4.37. The van der Waals surface area contributed by atoms with Gasteiger partial charge in [0.1, 0.15) is 5.75 Å². The van der Waals surface area contributed by atoms with E-state index >= 15 is 0 Å². The summed E-state index contributed by atoms with van der Waals surface area (Å²) in [6, 6.07) is 4.17.